The molecule has 0 aromatic heterocycles. The first-order valence-electron chi connectivity index (χ1n) is 5.46. The van der Waals surface area contributed by atoms with Crippen LogP contribution in [-0.4, -0.2) is 35.4 Å². The van der Waals surface area contributed by atoms with Crippen molar-refractivity contribution in [3.05, 3.63) is 0 Å². The molecule has 1 saturated heterocycles. The summed E-state index contributed by atoms with van der Waals surface area (Å²) in [6.45, 7) is 7.92. The Balaban J connectivity index is 2.55. The van der Waals surface area contributed by atoms with Crippen molar-refractivity contribution in [2.45, 2.75) is 51.9 Å². The maximum Gasteiger partial charge on any atom is 0.249 e. The molecule has 1 aliphatic heterocycles. The maximum absolute atomic E-state index is 11.8. The van der Waals surface area contributed by atoms with Crippen LogP contribution in [0, 0.1) is 5.92 Å². The van der Waals surface area contributed by atoms with Gasteiger partial charge in [-0.3, -0.25) is 4.79 Å². The minimum absolute atomic E-state index is 0.120. The molecule has 4 nitrogen and oxygen atoms in total. The number of carbonyl (C=O) groups is 1. The highest BCUT2D eigenvalue weighted by atomic mass is 16.5. The van der Waals surface area contributed by atoms with E-state index in [2.05, 4.69) is 5.32 Å². The van der Waals surface area contributed by atoms with Gasteiger partial charge in [0.15, 0.2) is 0 Å². The van der Waals surface area contributed by atoms with Crippen molar-refractivity contribution in [3.8, 4) is 0 Å². The van der Waals surface area contributed by atoms with E-state index in [1.54, 1.807) is 20.8 Å². The fourth-order valence-corrected chi connectivity index (χ4v) is 1.52. The zero-order valence-electron chi connectivity index (χ0n) is 9.91. The van der Waals surface area contributed by atoms with Gasteiger partial charge < -0.3 is 15.2 Å². The molecule has 1 rings (SSSR count). The number of amides is 1. The van der Waals surface area contributed by atoms with Crippen molar-refractivity contribution in [1.29, 1.82) is 0 Å². The second kappa shape index (κ2) is 4.49. The molecule has 0 saturated carbocycles. The first kappa shape index (κ1) is 12.5. The molecule has 0 aliphatic carbocycles. The van der Waals surface area contributed by atoms with Crippen LogP contribution in [0.15, 0.2) is 0 Å². The molecule has 0 spiro atoms. The molecule has 0 radical (unpaired) electrons. The lowest BCUT2D eigenvalue weighted by molar-refractivity contribution is -0.134. The summed E-state index contributed by atoms with van der Waals surface area (Å²) >= 11 is 0. The van der Waals surface area contributed by atoms with E-state index >= 15 is 0 Å². The highest BCUT2D eigenvalue weighted by Crippen LogP contribution is 2.21. The topological polar surface area (TPSA) is 58.6 Å². The molecule has 88 valence electrons. The fraction of sp³-hybridized carbons (Fsp3) is 0.909. The molecule has 1 aliphatic rings. The third kappa shape index (κ3) is 2.92. The molecular formula is C11H21NO3. The Hall–Kier alpha value is -0.610. The zero-order valence-corrected chi connectivity index (χ0v) is 9.91. The van der Waals surface area contributed by atoms with Crippen LogP contribution < -0.4 is 5.32 Å². The van der Waals surface area contributed by atoms with Crippen LogP contribution in [-0.2, 0) is 9.53 Å². The summed E-state index contributed by atoms with van der Waals surface area (Å²) in [6, 6.07) is 0. The molecule has 0 bridgehead atoms. The molecule has 15 heavy (non-hydrogen) atoms. The third-order valence-electron chi connectivity index (χ3n) is 3.14. The van der Waals surface area contributed by atoms with Gasteiger partial charge in [-0.2, -0.15) is 0 Å². The Morgan fingerprint density at radius 3 is 2.60 bits per heavy atom. The largest absolute Gasteiger partial charge is 0.391 e. The van der Waals surface area contributed by atoms with Crippen LogP contribution in [0.3, 0.4) is 0 Å². The van der Waals surface area contributed by atoms with E-state index in [0.717, 1.165) is 6.42 Å². The van der Waals surface area contributed by atoms with E-state index in [4.69, 9.17) is 4.74 Å². The van der Waals surface area contributed by atoms with Gasteiger partial charge in [-0.1, -0.05) is 6.92 Å². The summed E-state index contributed by atoms with van der Waals surface area (Å²) in [5.41, 5.74) is -0.608. The van der Waals surface area contributed by atoms with Gasteiger partial charge in [0.05, 0.1) is 11.6 Å². The van der Waals surface area contributed by atoms with E-state index in [1.807, 2.05) is 6.92 Å². The summed E-state index contributed by atoms with van der Waals surface area (Å²) in [5, 5.41) is 12.3. The molecule has 4 heteroatoms. The van der Waals surface area contributed by atoms with E-state index in [9.17, 15) is 9.90 Å². The van der Waals surface area contributed by atoms with Crippen molar-refractivity contribution >= 4 is 5.91 Å². The lowest BCUT2D eigenvalue weighted by atomic mass is 9.96. The number of ether oxygens (including phenoxy) is 1. The first-order valence-corrected chi connectivity index (χ1v) is 5.46. The van der Waals surface area contributed by atoms with Gasteiger partial charge in [0.1, 0.15) is 6.10 Å². The van der Waals surface area contributed by atoms with Gasteiger partial charge >= 0.3 is 0 Å². The predicted molar refractivity (Wildman–Crippen MR) is 57.4 cm³/mol. The molecule has 3 unspecified atom stereocenters. The molecule has 3 atom stereocenters. The Bertz CT molecular complexity index is 238. The number of nitrogens with one attached hydrogen (secondary N) is 1. The fourth-order valence-electron chi connectivity index (χ4n) is 1.52. The van der Waals surface area contributed by atoms with Crippen molar-refractivity contribution in [1.82, 2.24) is 5.32 Å². The SMILES string of the molecule is CC1CCOC1C(=O)NC(C)(C)C(C)O. The van der Waals surface area contributed by atoms with E-state index in [1.165, 1.54) is 0 Å². The second-order valence-corrected chi connectivity index (χ2v) is 4.94. The standard InChI is InChI=1S/C11H21NO3/c1-7-5-6-15-9(7)10(14)12-11(3,4)8(2)13/h7-9,13H,5-6H2,1-4H3,(H,12,14). The van der Waals surface area contributed by atoms with Crippen molar-refractivity contribution in [2.75, 3.05) is 6.61 Å². The maximum atomic E-state index is 11.8. The molecule has 1 fully saturated rings. The number of aliphatic hydroxyl groups excluding tert-OH is 1. The van der Waals surface area contributed by atoms with Gasteiger partial charge in [0.2, 0.25) is 5.91 Å². The van der Waals surface area contributed by atoms with Gasteiger partial charge in [-0.05, 0) is 33.1 Å². The van der Waals surface area contributed by atoms with Crippen LogP contribution in [0.25, 0.3) is 0 Å². The predicted octanol–water partition coefficient (Wildman–Crippen LogP) is 0.687. The summed E-state index contributed by atoms with van der Waals surface area (Å²) in [4.78, 5) is 11.8. The lowest BCUT2D eigenvalue weighted by Gasteiger charge is -2.31. The number of rotatable bonds is 3. The number of carbonyl (C=O) groups excluding carboxylic acids is 1. The number of hydrogen-bond acceptors (Lipinski definition) is 3. The Labute approximate surface area is 91.0 Å². The highest BCUT2D eigenvalue weighted by molar-refractivity contribution is 5.82. The van der Waals surface area contributed by atoms with E-state index in [-0.39, 0.29) is 17.9 Å². The summed E-state index contributed by atoms with van der Waals surface area (Å²) in [7, 11) is 0. The van der Waals surface area contributed by atoms with Crippen molar-refractivity contribution in [2.24, 2.45) is 5.92 Å². The average Bonchev–Trinajstić information content (AvgIpc) is 2.50. The van der Waals surface area contributed by atoms with E-state index in [0.29, 0.717) is 6.61 Å². The second-order valence-electron chi connectivity index (χ2n) is 4.94. The van der Waals surface area contributed by atoms with Crippen LogP contribution in [0.4, 0.5) is 0 Å². The van der Waals surface area contributed by atoms with Crippen LogP contribution in [0.1, 0.15) is 34.1 Å². The van der Waals surface area contributed by atoms with Gasteiger partial charge in [-0.25, -0.2) is 0 Å². The molecule has 1 amide bonds. The van der Waals surface area contributed by atoms with E-state index < -0.39 is 11.6 Å². The normalized spacial score (nSPS) is 28.9. The minimum Gasteiger partial charge on any atom is -0.391 e. The molecule has 0 aromatic rings. The Morgan fingerprint density at radius 2 is 2.20 bits per heavy atom. The quantitative estimate of drug-likeness (QED) is 0.728. The minimum atomic E-state index is -0.608. The van der Waals surface area contributed by atoms with Crippen LogP contribution in [0.2, 0.25) is 0 Å². The molecule has 1 heterocycles. The average molecular weight is 215 g/mol. The van der Waals surface area contributed by atoms with Crippen LogP contribution in [0.5, 0.6) is 0 Å². The summed E-state index contributed by atoms with van der Waals surface area (Å²) in [6.07, 6.45) is -0.0195. The number of hydrogen-bond donors (Lipinski definition) is 2. The van der Waals surface area contributed by atoms with Crippen molar-refractivity contribution < 1.29 is 14.6 Å². The van der Waals surface area contributed by atoms with Crippen LogP contribution >= 0.6 is 0 Å². The molecule has 0 aromatic carbocycles. The zero-order chi connectivity index (χ0) is 11.6. The monoisotopic (exact) mass is 215 g/mol. The first-order chi connectivity index (χ1) is 6.84. The van der Waals surface area contributed by atoms with Gasteiger partial charge in [0, 0.05) is 6.61 Å². The highest BCUT2D eigenvalue weighted by Gasteiger charge is 2.35. The smallest absolute Gasteiger partial charge is 0.249 e. The third-order valence-corrected chi connectivity index (χ3v) is 3.14. The Kier molecular flexibility index (Phi) is 3.73. The van der Waals surface area contributed by atoms with Gasteiger partial charge in [-0.15, -0.1) is 0 Å². The van der Waals surface area contributed by atoms with Crippen molar-refractivity contribution in [3.63, 3.8) is 0 Å². The lowest BCUT2D eigenvalue weighted by Crippen LogP contribution is -2.54. The Morgan fingerprint density at radius 1 is 1.60 bits per heavy atom. The molecular weight excluding hydrogens is 194 g/mol. The van der Waals surface area contributed by atoms with Gasteiger partial charge in [0.25, 0.3) is 0 Å². The summed E-state index contributed by atoms with van der Waals surface area (Å²) < 4.78 is 5.36. The summed E-state index contributed by atoms with van der Waals surface area (Å²) in [5.74, 6) is 0.140. The number of aliphatic hydroxyl groups is 1. The molecule has 2 N–H and O–H groups in total.